The first-order valence-electron chi connectivity index (χ1n) is 7.34. The summed E-state index contributed by atoms with van der Waals surface area (Å²) < 4.78 is 0.772. The SMILES string of the molecule is CC12CN3CC(C)(CN(C1)C3c1ccc(Br)c(O)c1)C2. The highest BCUT2D eigenvalue weighted by Crippen LogP contribution is 2.54. The van der Waals surface area contributed by atoms with E-state index in [2.05, 4.69) is 45.6 Å². The molecule has 0 spiro atoms. The van der Waals surface area contributed by atoms with E-state index in [4.69, 9.17) is 0 Å². The van der Waals surface area contributed by atoms with Crippen molar-refractivity contribution in [1.29, 1.82) is 0 Å². The van der Waals surface area contributed by atoms with E-state index in [1.165, 1.54) is 38.2 Å². The van der Waals surface area contributed by atoms with Gasteiger partial charge in [0.15, 0.2) is 0 Å². The number of nitrogens with zero attached hydrogens (tertiary/aromatic N) is 2. The fraction of sp³-hybridized carbons (Fsp3) is 0.625. The van der Waals surface area contributed by atoms with Crippen LogP contribution in [0.15, 0.2) is 22.7 Å². The first kappa shape index (κ1) is 13.1. The second-order valence-corrected chi connectivity index (χ2v) is 8.55. The normalized spacial score (nSPS) is 45.9. The minimum atomic E-state index is 0.343. The quantitative estimate of drug-likeness (QED) is 0.853. The molecule has 20 heavy (non-hydrogen) atoms. The van der Waals surface area contributed by atoms with Crippen LogP contribution in [0.5, 0.6) is 5.75 Å². The number of halogens is 1. The lowest BCUT2D eigenvalue weighted by molar-refractivity contribution is -0.194. The highest BCUT2D eigenvalue weighted by molar-refractivity contribution is 9.10. The summed E-state index contributed by atoms with van der Waals surface area (Å²) in [5.74, 6) is 0.344. The number of hydrogen-bond donors (Lipinski definition) is 1. The van der Waals surface area contributed by atoms with E-state index in [0.29, 0.717) is 22.7 Å². The van der Waals surface area contributed by atoms with E-state index < -0.39 is 0 Å². The lowest BCUT2D eigenvalue weighted by atomic mass is 9.63. The van der Waals surface area contributed by atoms with Gasteiger partial charge in [-0.2, -0.15) is 0 Å². The van der Waals surface area contributed by atoms with Gasteiger partial charge >= 0.3 is 0 Å². The molecular weight excluding hydrogens is 316 g/mol. The molecule has 1 aromatic rings. The van der Waals surface area contributed by atoms with E-state index in [9.17, 15) is 5.11 Å². The lowest BCUT2D eigenvalue weighted by Gasteiger charge is -2.66. The summed E-state index contributed by atoms with van der Waals surface area (Å²) in [6.07, 6.45) is 1.70. The number of aromatic hydroxyl groups is 1. The number of rotatable bonds is 1. The topological polar surface area (TPSA) is 26.7 Å². The predicted octanol–water partition coefficient (Wildman–Crippen LogP) is 3.20. The van der Waals surface area contributed by atoms with Crippen molar-refractivity contribution in [2.75, 3.05) is 26.2 Å². The lowest BCUT2D eigenvalue weighted by Crippen LogP contribution is -2.70. The molecule has 108 valence electrons. The molecule has 4 fully saturated rings. The van der Waals surface area contributed by atoms with Gasteiger partial charge in [0.2, 0.25) is 0 Å². The Labute approximate surface area is 128 Å². The van der Waals surface area contributed by atoms with Crippen LogP contribution in [0, 0.1) is 10.8 Å². The molecule has 0 atom stereocenters. The van der Waals surface area contributed by atoms with Crippen molar-refractivity contribution >= 4 is 15.9 Å². The van der Waals surface area contributed by atoms with Gasteiger partial charge in [0.25, 0.3) is 0 Å². The number of piperidine rings is 2. The average Bonchev–Trinajstić information content (AvgIpc) is 2.29. The summed E-state index contributed by atoms with van der Waals surface area (Å²) in [7, 11) is 0. The van der Waals surface area contributed by atoms with Crippen LogP contribution >= 0.6 is 15.9 Å². The Morgan fingerprint density at radius 3 is 2.15 bits per heavy atom. The fourth-order valence-corrected chi connectivity index (χ4v) is 5.36. The van der Waals surface area contributed by atoms with Crippen molar-refractivity contribution in [3.63, 3.8) is 0 Å². The van der Waals surface area contributed by atoms with E-state index in [1.54, 1.807) is 0 Å². The van der Waals surface area contributed by atoms with E-state index in [-0.39, 0.29) is 0 Å². The maximum absolute atomic E-state index is 9.97. The number of phenols is 1. The van der Waals surface area contributed by atoms with Crippen LogP contribution in [0.3, 0.4) is 0 Å². The largest absolute Gasteiger partial charge is 0.507 e. The van der Waals surface area contributed by atoms with Crippen molar-refractivity contribution in [3.8, 4) is 5.75 Å². The zero-order chi connectivity index (χ0) is 14.1. The van der Waals surface area contributed by atoms with Crippen molar-refractivity contribution < 1.29 is 5.11 Å². The minimum absolute atomic E-state index is 0.343. The zero-order valence-electron chi connectivity index (χ0n) is 12.1. The average molecular weight is 337 g/mol. The van der Waals surface area contributed by atoms with Gasteiger partial charge in [0.05, 0.1) is 10.6 Å². The number of phenolic OH excluding ortho intramolecular Hbond substituents is 1. The van der Waals surface area contributed by atoms with Gasteiger partial charge < -0.3 is 5.11 Å². The smallest absolute Gasteiger partial charge is 0.130 e. The summed E-state index contributed by atoms with van der Waals surface area (Å²) >= 11 is 3.37. The highest BCUT2D eigenvalue weighted by Gasteiger charge is 2.56. The second-order valence-electron chi connectivity index (χ2n) is 7.69. The summed E-state index contributed by atoms with van der Waals surface area (Å²) in [5, 5.41) is 9.97. The van der Waals surface area contributed by atoms with Crippen LogP contribution in [0.2, 0.25) is 0 Å². The standard InChI is InChI=1S/C16H21BrN2O/c1-15-6-16(2)9-18(7-15)14(19(8-15)10-16)11-3-4-12(17)13(20)5-11/h3-5,14,20H,6-10H2,1-2H3. The third-order valence-electron chi connectivity index (χ3n) is 5.15. The van der Waals surface area contributed by atoms with Crippen LogP contribution in [-0.2, 0) is 0 Å². The van der Waals surface area contributed by atoms with Crippen molar-refractivity contribution in [2.45, 2.75) is 26.4 Å². The van der Waals surface area contributed by atoms with E-state index in [0.717, 1.165) is 4.47 Å². The molecule has 4 heteroatoms. The molecule has 1 aromatic carbocycles. The monoisotopic (exact) mass is 336 g/mol. The molecule has 0 aliphatic carbocycles. The zero-order valence-corrected chi connectivity index (χ0v) is 13.7. The highest BCUT2D eigenvalue weighted by atomic mass is 79.9. The van der Waals surface area contributed by atoms with Crippen LogP contribution in [-0.4, -0.2) is 41.1 Å². The van der Waals surface area contributed by atoms with E-state index >= 15 is 0 Å². The summed E-state index contributed by atoms with van der Waals surface area (Å²) in [6, 6.07) is 6.02. The number of benzene rings is 1. The minimum Gasteiger partial charge on any atom is -0.507 e. The maximum Gasteiger partial charge on any atom is 0.130 e. The first-order valence-corrected chi connectivity index (χ1v) is 8.13. The second kappa shape index (κ2) is 3.99. The van der Waals surface area contributed by atoms with Gasteiger partial charge in [-0.25, -0.2) is 0 Å². The van der Waals surface area contributed by atoms with Gasteiger partial charge in [-0.15, -0.1) is 0 Å². The maximum atomic E-state index is 9.97. The Morgan fingerprint density at radius 2 is 1.65 bits per heavy atom. The fourth-order valence-electron chi connectivity index (χ4n) is 5.12. The first-order chi connectivity index (χ1) is 9.38. The molecule has 5 rings (SSSR count). The molecule has 4 saturated heterocycles. The third-order valence-corrected chi connectivity index (χ3v) is 5.82. The molecule has 0 saturated carbocycles. The Hall–Kier alpha value is -0.580. The molecule has 0 aromatic heterocycles. The van der Waals surface area contributed by atoms with Crippen LogP contribution in [0.4, 0.5) is 0 Å². The molecule has 4 heterocycles. The van der Waals surface area contributed by atoms with Crippen LogP contribution < -0.4 is 0 Å². The van der Waals surface area contributed by atoms with Gasteiger partial charge in [-0.1, -0.05) is 19.9 Å². The van der Waals surface area contributed by atoms with Crippen LogP contribution in [0.1, 0.15) is 32.0 Å². The number of hydrogen-bond acceptors (Lipinski definition) is 3. The Bertz CT molecular complexity index is 538. The van der Waals surface area contributed by atoms with Crippen LogP contribution in [0.25, 0.3) is 0 Å². The Kier molecular flexibility index (Phi) is 2.62. The summed E-state index contributed by atoms with van der Waals surface area (Å²) in [4.78, 5) is 5.22. The molecule has 0 amide bonds. The summed E-state index contributed by atoms with van der Waals surface area (Å²) in [5.41, 5.74) is 2.11. The molecule has 4 aliphatic rings. The summed E-state index contributed by atoms with van der Waals surface area (Å²) in [6.45, 7) is 9.58. The molecule has 4 bridgehead atoms. The van der Waals surface area contributed by atoms with Gasteiger partial charge in [0, 0.05) is 26.2 Å². The van der Waals surface area contributed by atoms with Gasteiger partial charge in [-0.3, -0.25) is 9.80 Å². The van der Waals surface area contributed by atoms with Crippen molar-refractivity contribution in [3.05, 3.63) is 28.2 Å². The third kappa shape index (κ3) is 1.85. The molecule has 0 unspecified atom stereocenters. The molecule has 4 aliphatic heterocycles. The molecular formula is C16H21BrN2O. The Balaban J connectivity index is 1.72. The Morgan fingerprint density at radius 1 is 1.10 bits per heavy atom. The molecule has 1 N–H and O–H groups in total. The molecule has 0 radical (unpaired) electrons. The predicted molar refractivity (Wildman–Crippen MR) is 82.5 cm³/mol. The van der Waals surface area contributed by atoms with E-state index in [1.807, 2.05) is 12.1 Å². The van der Waals surface area contributed by atoms with Gasteiger partial charge in [-0.05, 0) is 50.9 Å². The van der Waals surface area contributed by atoms with Crippen molar-refractivity contribution in [2.24, 2.45) is 10.8 Å². The van der Waals surface area contributed by atoms with Gasteiger partial charge in [0.1, 0.15) is 5.75 Å². The van der Waals surface area contributed by atoms with Crippen molar-refractivity contribution in [1.82, 2.24) is 9.80 Å². The molecule has 3 nitrogen and oxygen atoms in total.